The monoisotopic (exact) mass is 160 g/mol. The van der Waals surface area contributed by atoms with Crippen LogP contribution in [0, 0.1) is 13.8 Å². The van der Waals surface area contributed by atoms with Gasteiger partial charge < -0.3 is 13.8 Å². The van der Waals surface area contributed by atoms with Crippen LogP contribution in [0.1, 0.15) is 12.8 Å². The van der Waals surface area contributed by atoms with Gasteiger partial charge in [-0.25, -0.2) is 12.8 Å². The average Bonchev–Trinajstić information content (AvgIpc) is 1.37. The standard InChI is InChI=1S/C4H8.2Cr/c1-3-4-2;;/h1-4H2;;/q-2;;. The summed E-state index contributed by atoms with van der Waals surface area (Å²) in [5, 5.41) is 0. The Morgan fingerprint density at radius 3 is 1.00 bits per heavy atom. The number of hydrogen-bond acceptors (Lipinski definition) is 0. The molecule has 0 aliphatic heterocycles. The minimum atomic E-state index is 0. The summed E-state index contributed by atoms with van der Waals surface area (Å²) >= 11 is 0. The van der Waals surface area contributed by atoms with Crippen molar-refractivity contribution in [3.63, 3.8) is 0 Å². The Morgan fingerprint density at radius 1 is 0.833 bits per heavy atom. The van der Waals surface area contributed by atoms with Crippen LogP contribution in [0.3, 0.4) is 0 Å². The molecule has 6 heavy (non-hydrogen) atoms. The van der Waals surface area contributed by atoms with Gasteiger partial charge in [-0.2, -0.15) is 0 Å². The molecule has 0 aliphatic rings. The zero-order chi connectivity index (χ0) is 3.41. The molecule has 0 fully saturated rings. The predicted octanol–water partition coefficient (Wildman–Crippen LogP) is 1.43. The van der Waals surface area contributed by atoms with E-state index in [0.717, 1.165) is 12.8 Å². The largest absolute Gasteiger partial charge is 0.346 e. The molecule has 0 unspecified atom stereocenters. The van der Waals surface area contributed by atoms with Crippen molar-refractivity contribution < 1.29 is 34.7 Å². The second-order valence-corrected chi connectivity index (χ2v) is 0.707. The summed E-state index contributed by atoms with van der Waals surface area (Å²) in [6, 6.07) is 0. The SMILES string of the molecule is [CH2-]CC[CH2-].[Cr].[Cr]. The van der Waals surface area contributed by atoms with Crippen molar-refractivity contribution in [3.8, 4) is 0 Å². The molecule has 0 bridgehead atoms. The first kappa shape index (κ1) is 15.7. The van der Waals surface area contributed by atoms with Gasteiger partial charge in [-0.1, -0.05) is 0 Å². The number of unbranched alkanes of at least 4 members (excludes halogenated alkanes) is 1. The van der Waals surface area contributed by atoms with E-state index in [1.807, 2.05) is 0 Å². The van der Waals surface area contributed by atoms with Crippen molar-refractivity contribution in [1.82, 2.24) is 0 Å². The molecule has 38 valence electrons. The van der Waals surface area contributed by atoms with Crippen LogP contribution in [0.4, 0.5) is 0 Å². The molecule has 0 rings (SSSR count). The van der Waals surface area contributed by atoms with Gasteiger partial charge >= 0.3 is 0 Å². The van der Waals surface area contributed by atoms with Crippen molar-refractivity contribution in [2.45, 2.75) is 12.8 Å². The molecule has 0 saturated heterocycles. The third-order valence-electron chi connectivity index (χ3n) is 0.250. The molecule has 2 heteroatoms. The fourth-order valence-electron chi connectivity index (χ4n) is 0. The molecule has 0 radical (unpaired) electrons. The molecule has 0 N–H and O–H groups in total. The molecule has 0 nitrogen and oxygen atoms in total. The summed E-state index contributed by atoms with van der Waals surface area (Å²) in [6.45, 7) is 7.08. The summed E-state index contributed by atoms with van der Waals surface area (Å²) in [4.78, 5) is 0. The van der Waals surface area contributed by atoms with Gasteiger partial charge in [-0.05, 0) is 0 Å². The van der Waals surface area contributed by atoms with Gasteiger partial charge in [0.2, 0.25) is 0 Å². The Balaban J connectivity index is -0.0000000450. The minimum Gasteiger partial charge on any atom is -0.346 e. The minimum absolute atomic E-state index is 0. The Kier molecular flexibility index (Phi) is 43.4. The van der Waals surface area contributed by atoms with Crippen LogP contribution in [-0.2, 0) is 34.7 Å². The average molecular weight is 160 g/mol. The van der Waals surface area contributed by atoms with Crippen LogP contribution in [0.15, 0.2) is 0 Å². The van der Waals surface area contributed by atoms with E-state index >= 15 is 0 Å². The van der Waals surface area contributed by atoms with Gasteiger partial charge in [-0.3, -0.25) is 0 Å². The maximum atomic E-state index is 3.54. The van der Waals surface area contributed by atoms with E-state index in [-0.39, 0.29) is 34.7 Å². The summed E-state index contributed by atoms with van der Waals surface area (Å²) in [5.41, 5.74) is 0. The zero-order valence-corrected chi connectivity index (χ0v) is 6.19. The van der Waals surface area contributed by atoms with E-state index in [2.05, 4.69) is 13.8 Å². The van der Waals surface area contributed by atoms with Crippen molar-refractivity contribution >= 4 is 0 Å². The van der Waals surface area contributed by atoms with Crippen LogP contribution in [-0.4, -0.2) is 0 Å². The van der Waals surface area contributed by atoms with E-state index in [1.54, 1.807) is 0 Å². The smallest absolute Gasteiger partial charge is 0 e. The Bertz CT molecular complexity index is 7.51. The van der Waals surface area contributed by atoms with Crippen LogP contribution < -0.4 is 0 Å². The van der Waals surface area contributed by atoms with Gasteiger partial charge in [0.05, 0.1) is 0 Å². The van der Waals surface area contributed by atoms with E-state index < -0.39 is 0 Å². The molecule has 0 aromatic rings. The molecule has 0 aliphatic carbocycles. The van der Waals surface area contributed by atoms with Crippen molar-refractivity contribution in [2.24, 2.45) is 0 Å². The number of rotatable bonds is 1. The fraction of sp³-hybridized carbons (Fsp3) is 0.500. The molecule has 0 saturated carbocycles. The van der Waals surface area contributed by atoms with E-state index in [9.17, 15) is 0 Å². The Labute approximate surface area is 61.6 Å². The van der Waals surface area contributed by atoms with E-state index in [1.165, 1.54) is 0 Å². The summed E-state index contributed by atoms with van der Waals surface area (Å²) < 4.78 is 0. The zero-order valence-electron chi connectivity index (χ0n) is 3.64. The molecule has 0 aromatic heterocycles. The second kappa shape index (κ2) is 16.6. The van der Waals surface area contributed by atoms with Crippen LogP contribution in [0.2, 0.25) is 0 Å². The summed E-state index contributed by atoms with van der Waals surface area (Å²) in [5.74, 6) is 0. The van der Waals surface area contributed by atoms with Crippen molar-refractivity contribution in [3.05, 3.63) is 13.8 Å². The maximum absolute atomic E-state index is 3.54. The molecular weight excluding hydrogens is 152 g/mol. The quantitative estimate of drug-likeness (QED) is 0.509. The van der Waals surface area contributed by atoms with E-state index in [0.29, 0.717) is 0 Å². The topological polar surface area (TPSA) is 0 Å². The van der Waals surface area contributed by atoms with Crippen LogP contribution in [0.5, 0.6) is 0 Å². The van der Waals surface area contributed by atoms with Gasteiger partial charge in [0.25, 0.3) is 0 Å². The number of hydrogen-bond donors (Lipinski definition) is 0. The summed E-state index contributed by atoms with van der Waals surface area (Å²) in [6.07, 6.45) is 1.92. The Hall–Kier alpha value is 1.06. The van der Waals surface area contributed by atoms with Gasteiger partial charge in [0, 0.05) is 34.7 Å². The predicted molar refractivity (Wildman–Crippen MR) is 19.9 cm³/mol. The molecule has 0 aromatic carbocycles. The molecular formula is C4H8Cr2-2. The Morgan fingerprint density at radius 2 is 1.00 bits per heavy atom. The van der Waals surface area contributed by atoms with Crippen LogP contribution in [0.25, 0.3) is 0 Å². The normalized spacial score (nSPS) is 5.00. The molecule has 0 amide bonds. The van der Waals surface area contributed by atoms with Gasteiger partial charge in [0.15, 0.2) is 0 Å². The molecule has 0 heterocycles. The maximum Gasteiger partial charge on any atom is 0 e. The van der Waals surface area contributed by atoms with Crippen molar-refractivity contribution in [2.75, 3.05) is 0 Å². The first-order chi connectivity index (χ1) is 1.91. The second-order valence-electron chi connectivity index (χ2n) is 0.707. The van der Waals surface area contributed by atoms with Crippen molar-refractivity contribution in [1.29, 1.82) is 0 Å². The van der Waals surface area contributed by atoms with Crippen LogP contribution >= 0.6 is 0 Å². The first-order valence-electron chi connectivity index (χ1n) is 1.50. The molecule has 0 atom stereocenters. The fourth-order valence-corrected chi connectivity index (χ4v) is 0. The first-order valence-corrected chi connectivity index (χ1v) is 1.50. The van der Waals surface area contributed by atoms with Gasteiger partial charge in [-0.15, -0.1) is 0 Å². The van der Waals surface area contributed by atoms with E-state index in [4.69, 9.17) is 0 Å². The molecule has 0 spiro atoms. The summed E-state index contributed by atoms with van der Waals surface area (Å²) in [7, 11) is 0. The third-order valence-corrected chi connectivity index (χ3v) is 0.250. The van der Waals surface area contributed by atoms with Gasteiger partial charge in [0.1, 0.15) is 0 Å². The third kappa shape index (κ3) is 19.6.